The van der Waals surface area contributed by atoms with Gasteiger partial charge in [-0.1, -0.05) is 20.8 Å². The lowest BCUT2D eigenvalue weighted by Gasteiger charge is -2.37. The number of rotatable bonds is 6. The van der Waals surface area contributed by atoms with Crippen molar-refractivity contribution < 1.29 is 28.6 Å². The van der Waals surface area contributed by atoms with Gasteiger partial charge in [0.15, 0.2) is 17.5 Å². The summed E-state index contributed by atoms with van der Waals surface area (Å²) < 4.78 is 27.2. The van der Waals surface area contributed by atoms with Crippen LogP contribution in [-0.2, 0) is 9.59 Å². The van der Waals surface area contributed by atoms with E-state index in [2.05, 4.69) is 15.5 Å². The number of amides is 2. The maximum Gasteiger partial charge on any atom is 0.246 e. The maximum atomic E-state index is 13.8. The van der Waals surface area contributed by atoms with Crippen molar-refractivity contribution in [2.75, 3.05) is 49.9 Å². The molecule has 3 heterocycles. The van der Waals surface area contributed by atoms with Gasteiger partial charge in [0.05, 0.1) is 24.0 Å². The lowest BCUT2D eigenvalue weighted by atomic mass is 9.85. The quantitative estimate of drug-likeness (QED) is 0.410. The number of hydrogen-bond donors (Lipinski definition) is 4. The predicted molar refractivity (Wildman–Crippen MR) is 145 cm³/mol. The van der Waals surface area contributed by atoms with Gasteiger partial charge in [0.1, 0.15) is 11.8 Å². The molecular weight excluding hydrogens is 524 g/mol. The van der Waals surface area contributed by atoms with E-state index in [1.807, 2.05) is 37.5 Å². The Hall–Kier alpha value is -3.58. The van der Waals surface area contributed by atoms with E-state index in [0.29, 0.717) is 44.4 Å². The Morgan fingerprint density at radius 2 is 1.77 bits per heavy atom. The number of phenols is 1. The highest BCUT2D eigenvalue weighted by Gasteiger charge is 2.40. The molecule has 4 rings (SSSR count). The van der Waals surface area contributed by atoms with Crippen LogP contribution >= 0.6 is 0 Å². The first-order valence-electron chi connectivity index (χ1n) is 13.3. The molecule has 2 amide bonds. The van der Waals surface area contributed by atoms with Crippen LogP contribution in [0.25, 0.3) is 11.3 Å². The largest absolute Gasteiger partial charge is 0.507 e. The molecule has 2 fully saturated rings. The topological polar surface area (TPSA) is 148 Å². The van der Waals surface area contributed by atoms with Gasteiger partial charge in [-0.05, 0) is 30.9 Å². The SMILES string of the molecule is C[C@@H]1C[C@@H](O)CN1C(=O)[C@@H](NC(=O)CN1CCN(c2cc(-c3cc(F)c(F)cc3O)nnc2N)CC1)C(C)(C)C. The van der Waals surface area contributed by atoms with Crippen LogP contribution in [0.1, 0.15) is 34.1 Å². The van der Waals surface area contributed by atoms with Crippen molar-refractivity contribution in [2.24, 2.45) is 5.41 Å². The molecule has 3 atom stereocenters. The number of aromatic hydroxyl groups is 1. The summed E-state index contributed by atoms with van der Waals surface area (Å²) in [4.78, 5) is 31.9. The van der Waals surface area contributed by atoms with Crippen LogP contribution in [0.5, 0.6) is 5.75 Å². The molecule has 218 valence electrons. The molecule has 0 spiro atoms. The highest BCUT2D eigenvalue weighted by molar-refractivity contribution is 5.89. The van der Waals surface area contributed by atoms with Gasteiger partial charge in [0, 0.05) is 50.4 Å². The summed E-state index contributed by atoms with van der Waals surface area (Å²) in [6, 6.07) is 2.26. The molecule has 0 unspecified atom stereocenters. The lowest BCUT2D eigenvalue weighted by molar-refractivity contribution is -0.140. The number of benzene rings is 1. The van der Waals surface area contributed by atoms with E-state index >= 15 is 0 Å². The van der Waals surface area contributed by atoms with Crippen molar-refractivity contribution >= 4 is 23.3 Å². The van der Waals surface area contributed by atoms with Gasteiger partial charge in [-0.3, -0.25) is 14.5 Å². The summed E-state index contributed by atoms with van der Waals surface area (Å²) in [5.41, 5.74) is 6.19. The number of nitrogen functional groups attached to an aromatic ring is 1. The second-order valence-electron chi connectivity index (χ2n) is 11.6. The molecule has 0 radical (unpaired) electrons. The number of carbonyl (C=O) groups excluding carboxylic acids is 2. The number of aliphatic hydroxyl groups excluding tert-OH is 1. The summed E-state index contributed by atoms with van der Waals surface area (Å²) in [7, 11) is 0. The number of aliphatic hydroxyl groups is 1. The minimum atomic E-state index is -1.17. The fourth-order valence-electron chi connectivity index (χ4n) is 5.20. The average molecular weight is 562 g/mol. The molecule has 0 aliphatic carbocycles. The van der Waals surface area contributed by atoms with Gasteiger partial charge in [-0.15, -0.1) is 10.2 Å². The van der Waals surface area contributed by atoms with E-state index in [4.69, 9.17) is 5.73 Å². The molecule has 0 saturated carbocycles. The number of halogens is 2. The highest BCUT2D eigenvalue weighted by Crippen LogP contribution is 2.33. The Balaban J connectivity index is 1.38. The van der Waals surface area contributed by atoms with E-state index in [9.17, 15) is 28.6 Å². The monoisotopic (exact) mass is 561 g/mol. The number of piperazine rings is 1. The van der Waals surface area contributed by atoms with E-state index in [1.165, 1.54) is 0 Å². The molecule has 11 nitrogen and oxygen atoms in total. The smallest absolute Gasteiger partial charge is 0.246 e. The zero-order chi connectivity index (χ0) is 29.4. The number of likely N-dealkylation sites (tertiary alicyclic amines) is 1. The van der Waals surface area contributed by atoms with Crippen LogP contribution in [0.3, 0.4) is 0 Å². The van der Waals surface area contributed by atoms with Crippen molar-refractivity contribution in [3.05, 3.63) is 29.8 Å². The molecule has 1 aromatic carbocycles. The van der Waals surface area contributed by atoms with Crippen molar-refractivity contribution in [3.8, 4) is 17.0 Å². The molecule has 2 aliphatic rings. The molecule has 13 heteroatoms. The maximum absolute atomic E-state index is 13.8. The van der Waals surface area contributed by atoms with Gasteiger partial charge >= 0.3 is 0 Å². The third-order valence-electron chi connectivity index (χ3n) is 7.45. The van der Waals surface area contributed by atoms with E-state index in [0.717, 1.165) is 6.07 Å². The van der Waals surface area contributed by atoms with E-state index in [1.54, 1.807) is 11.0 Å². The number of nitrogens with zero attached hydrogens (tertiary/aromatic N) is 5. The van der Waals surface area contributed by atoms with Gasteiger partial charge in [0.25, 0.3) is 0 Å². The number of phenolic OH excluding ortho intramolecular Hbond substituents is 1. The standard InChI is InChI=1S/C27H37F2N7O4/c1-15-9-16(37)13-36(15)26(40)24(27(2,3)4)31-23(39)14-34-5-7-35(8-6-34)21-12-20(32-33-25(21)30)17-10-18(28)19(29)11-22(17)38/h10-12,15-16,24,37-38H,5-9,13-14H2,1-4H3,(H2,30,33)(H,31,39)/t15-,16-,24-/m1/s1. The van der Waals surface area contributed by atoms with Gasteiger partial charge in [-0.25, -0.2) is 8.78 Å². The van der Waals surface area contributed by atoms with Gasteiger partial charge < -0.3 is 31.1 Å². The van der Waals surface area contributed by atoms with Crippen molar-refractivity contribution in [3.63, 3.8) is 0 Å². The number of nitrogens with two attached hydrogens (primary N) is 1. The summed E-state index contributed by atoms with van der Waals surface area (Å²) in [5.74, 6) is -3.09. The first kappa shape index (κ1) is 29.4. The lowest BCUT2D eigenvalue weighted by Crippen LogP contribution is -2.57. The Morgan fingerprint density at radius 3 is 2.38 bits per heavy atom. The normalized spacial score (nSPS) is 21.0. The number of β-amino-alcohol motifs (C(OH)–C–C–N with tert-alkyl or cyclic N) is 1. The fraction of sp³-hybridized carbons (Fsp3) is 0.556. The van der Waals surface area contributed by atoms with Gasteiger partial charge in [-0.2, -0.15) is 0 Å². The van der Waals surface area contributed by atoms with Crippen LogP contribution in [-0.4, -0.2) is 99.5 Å². The molecule has 2 saturated heterocycles. The number of carbonyl (C=O) groups is 2. The molecule has 40 heavy (non-hydrogen) atoms. The second kappa shape index (κ2) is 11.5. The van der Waals surface area contributed by atoms with Crippen LogP contribution in [0.15, 0.2) is 18.2 Å². The first-order chi connectivity index (χ1) is 18.7. The van der Waals surface area contributed by atoms with Crippen LogP contribution in [0.2, 0.25) is 0 Å². The van der Waals surface area contributed by atoms with Crippen molar-refractivity contribution in [2.45, 2.75) is 52.3 Å². The summed E-state index contributed by atoms with van der Waals surface area (Å²) in [6.45, 7) is 9.97. The zero-order valence-electron chi connectivity index (χ0n) is 23.2. The van der Waals surface area contributed by atoms with Gasteiger partial charge in [0.2, 0.25) is 11.8 Å². The number of anilines is 2. The third kappa shape index (κ3) is 6.41. The first-order valence-corrected chi connectivity index (χ1v) is 13.3. The molecule has 1 aromatic heterocycles. The molecule has 0 bridgehead atoms. The fourth-order valence-corrected chi connectivity index (χ4v) is 5.20. The predicted octanol–water partition coefficient (Wildman–Crippen LogP) is 1.34. The average Bonchev–Trinajstić information content (AvgIpc) is 3.22. The Kier molecular flexibility index (Phi) is 8.45. The second-order valence-corrected chi connectivity index (χ2v) is 11.6. The minimum absolute atomic E-state index is 0.0104. The number of nitrogens with one attached hydrogen (secondary N) is 1. The van der Waals surface area contributed by atoms with Crippen LogP contribution in [0.4, 0.5) is 20.3 Å². The van der Waals surface area contributed by atoms with E-state index < -0.39 is 34.9 Å². The summed E-state index contributed by atoms with van der Waals surface area (Å²) >= 11 is 0. The summed E-state index contributed by atoms with van der Waals surface area (Å²) in [6.07, 6.45) is -0.0447. The minimum Gasteiger partial charge on any atom is -0.507 e. The zero-order valence-corrected chi connectivity index (χ0v) is 23.2. The number of hydrogen-bond acceptors (Lipinski definition) is 9. The highest BCUT2D eigenvalue weighted by atomic mass is 19.2. The van der Waals surface area contributed by atoms with E-state index in [-0.39, 0.29) is 48.0 Å². The van der Waals surface area contributed by atoms with Crippen LogP contribution in [0, 0.1) is 17.0 Å². The number of aromatic nitrogens is 2. The Labute approximate surface area is 232 Å². The molecule has 2 aromatic rings. The Morgan fingerprint density at radius 1 is 1.12 bits per heavy atom. The molecular formula is C27H37F2N7O4. The van der Waals surface area contributed by atoms with Crippen molar-refractivity contribution in [1.82, 2.24) is 25.3 Å². The van der Waals surface area contributed by atoms with Crippen molar-refractivity contribution in [1.29, 1.82) is 0 Å². The van der Waals surface area contributed by atoms with Crippen LogP contribution < -0.4 is 16.0 Å². The Bertz CT molecular complexity index is 1260. The molecule has 5 N–H and O–H groups in total. The third-order valence-corrected chi connectivity index (χ3v) is 7.45. The summed E-state index contributed by atoms with van der Waals surface area (Å²) in [5, 5.41) is 30.9. The molecule has 2 aliphatic heterocycles.